The molecule has 1 unspecified atom stereocenters. The first kappa shape index (κ1) is 11.0. The van der Waals surface area contributed by atoms with Crippen molar-refractivity contribution in [3.8, 4) is 0 Å². The first-order valence-electron chi connectivity index (χ1n) is 4.50. The van der Waals surface area contributed by atoms with Crippen LogP contribution < -0.4 is 5.32 Å². The largest absolute Gasteiger partial charge is 0.365 e. The van der Waals surface area contributed by atoms with E-state index < -0.39 is 10.8 Å². The number of hydrogen-bond donors (Lipinski definition) is 1. The van der Waals surface area contributed by atoms with Crippen molar-refractivity contribution >= 4 is 27.7 Å². The van der Waals surface area contributed by atoms with Crippen LogP contribution in [0.3, 0.4) is 0 Å². The number of hydrogen-bond acceptors (Lipinski definition) is 4. The summed E-state index contributed by atoms with van der Waals surface area (Å²) >= 11 is 1.79. The van der Waals surface area contributed by atoms with Crippen molar-refractivity contribution in [2.75, 3.05) is 30.9 Å². The van der Waals surface area contributed by atoms with Crippen LogP contribution in [0, 0.1) is 0 Å². The highest BCUT2D eigenvalue weighted by Crippen LogP contribution is 2.09. The SMILES string of the molecule is CS(=O)CCCNC1=NCCCS1. The number of nitrogens with zero attached hydrogens (tertiary/aromatic N) is 1. The van der Waals surface area contributed by atoms with Crippen LogP contribution in [0.5, 0.6) is 0 Å². The molecule has 1 aliphatic rings. The molecule has 0 amide bonds. The standard InChI is InChI=1S/C8H16N2OS2/c1-13(11)7-3-5-10-8-9-4-2-6-12-8/h2-7H2,1H3,(H,9,10). The molecule has 5 heteroatoms. The fourth-order valence-electron chi connectivity index (χ4n) is 1.04. The van der Waals surface area contributed by atoms with Crippen LogP contribution in [0.4, 0.5) is 0 Å². The zero-order valence-corrected chi connectivity index (χ0v) is 9.55. The van der Waals surface area contributed by atoms with Crippen molar-refractivity contribution in [1.82, 2.24) is 5.32 Å². The van der Waals surface area contributed by atoms with Crippen molar-refractivity contribution in [2.45, 2.75) is 12.8 Å². The number of rotatable bonds is 4. The van der Waals surface area contributed by atoms with E-state index in [0.717, 1.165) is 30.4 Å². The minimum Gasteiger partial charge on any atom is -0.365 e. The third kappa shape index (κ3) is 5.31. The van der Waals surface area contributed by atoms with E-state index in [1.807, 2.05) is 0 Å². The average molecular weight is 220 g/mol. The van der Waals surface area contributed by atoms with Gasteiger partial charge in [-0.05, 0) is 12.8 Å². The second-order valence-electron chi connectivity index (χ2n) is 2.95. The Morgan fingerprint density at radius 1 is 1.69 bits per heavy atom. The van der Waals surface area contributed by atoms with Gasteiger partial charge in [-0.3, -0.25) is 9.20 Å². The Kier molecular flexibility index (Phi) is 5.46. The van der Waals surface area contributed by atoms with E-state index in [-0.39, 0.29) is 0 Å². The van der Waals surface area contributed by atoms with Gasteiger partial charge in [0.25, 0.3) is 0 Å². The molecule has 13 heavy (non-hydrogen) atoms. The molecule has 0 saturated carbocycles. The molecule has 1 N–H and O–H groups in total. The third-order valence-electron chi connectivity index (χ3n) is 1.68. The molecular formula is C8H16N2OS2. The summed E-state index contributed by atoms with van der Waals surface area (Å²) in [7, 11) is -0.659. The van der Waals surface area contributed by atoms with Gasteiger partial charge < -0.3 is 5.32 Å². The smallest absolute Gasteiger partial charge is 0.156 e. The summed E-state index contributed by atoms with van der Waals surface area (Å²) in [6.07, 6.45) is 3.89. The van der Waals surface area contributed by atoms with Gasteiger partial charge in [0.15, 0.2) is 5.17 Å². The number of aliphatic imine (C=N–C) groups is 1. The Hall–Kier alpha value is -0.0300. The lowest BCUT2D eigenvalue weighted by molar-refractivity contribution is 0.683. The second-order valence-corrected chi connectivity index (χ2v) is 5.58. The van der Waals surface area contributed by atoms with Gasteiger partial charge in [0.05, 0.1) is 0 Å². The van der Waals surface area contributed by atoms with Crippen LogP contribution in [0.1, 0.15) is 12.8 Å². The quantitative estimate of drug-likeness (QED) is 0.714. The summed E-state index contributed by atoms with van der Waals surface area (Å²) in [5, 5.41) is 4.32. The van der Waals surface area contributed by atoms with E-state index >= 15 is 0 Å². The Bertz CT molecular complexity index is 206. The molecule has 0 bridgehead atoms. The molecule has 0 aromatic rings. The molecule has 1 rings (SSSR count). The molecule has 0 aromatic carbocycles. The monoisotopic (exact) mass is 220 g/mol. The van der Waals surface area contributed by atoms with E-state index in [2.05, 4.69) is 10.3 Å². The highest BCUT2D eigenvalue weighted by molar-refractivity contribution is 8.13. The number of thioether (sulfide) groups is 1. The Morgan fingerprint density at radius 2 is 2.54 bits per heavy atom. The Labute approximate surface area is 86.2 Å². The lowest BCUT2D eigenvalue weighted by Gasteiger charge is -2.12. The van der Waals surface area contributed by atoms with Crippen molar-refractivity contribution in [3.63, 3.8) is 0 Å². The first-order valence-corrected chi connectivity index (χ1v) is 7.21. The normalized spacial score (nSPS) is 19.3. The molecule has 0 saturated heterocycles. The Balaban J connectivity index is 2.04. The molecule has 0 radical (unpaired) electrons. The molecule has 0 spiro atoms. The van der Waals surface area contributed by atoms with Crippen LogP contribution in [-0.4, -0.2) is 40.2 Å². The molecule has 3 nitrogen and oxygen atoms in total. The zero-order chi connectivity index (χ0) is 9.52. The summed E-state index contributed by atoms with van der Waals surface area (Å²) < 4.78 is 10.7. The van der Waals surface area contributed by atoms with Gasteiger partial charge in [-0.25, -0.2) is 0 Å². The van der Waals surface area contributed by atoms with Gasteiger partial charge in [0, 0.05) is 41.7 Å². The second kappa shape index (κ2) is 6.43. The van der Waals surface area contributed by atoms with Crippen LogP contribution in [0.25, 0.3) is 0 Å². The first-order chi connectivity index (χ1) is 6.29. The average Bonchev–Trinajstić information content (AvgIpc) is 2.14. The minimum absolute atomic E-state index is 0.659. The number of amidine groups is 1. The van der Waals surface area contributed by atoms with Gasteiger partial charge >= 0.3 is 0 Å². The van der Waals surface area contributed by atoms with E-state index in [1.165, 1.54) is 12.2 Å². The topological polar surface area (TPSA) is 41.5 Å². The molecule has 0 fully saturated rings. The van der Waals surface area contributed by atoms with Crippen molar-refractivity contribution in [2.24, 2.45) is 4.99 Å². The Morgan fingerprint density at radius 3 is 3.15 bits per heavy atom. The highest BCUT2D eigenvalue weighted by Gasteiger charge is 2.03. The van der Waals surface area contributed by atoms with E-state index in [1.54, 1.807) is 18.0 Å². The van der Waals surface area contributed by atoms with Crippen LogP contribution >= 0.6 is 11.8 Å². The maximum Gasteiger partial charge on any atom is 0.156 e. The predicted octanol–water partition coefficient (Wildman–Crippen LogP) is 0.838. The molecule has 0 aromatic heterocycles. The van der Waals surface area contributed by atoms with E-state index in [0.29, 0.717) is 0 Å². The maximum absolute atomic E-state index is 10.7. The van der Waals surface area contributed by atoms with Gasteiger partial charge in [0.1, 0.15) is 0 Å². The van der Waals surface area contributed by atoms with E-state index in [9.17, 15) is 4.21 Å². The molecule has 76 valence electrons. The van der Waals surface area contributed by atoms with Gasteiger partial charge in [0.2, 0.25) is 0 Å². The summed E-state index contributed by atoms with van der Waals surface area (Å²) in [5.41, 5.74) is 0. The zero-order valence-electron chi connectivity index (χ0n) is 7.91. The molecule has 0 aliphatic carbocycles. The maximum atomic E-state index is 10.7. The van der Waals surface area contributed by atoms with E-state index in [4.69, 9.17) is 0 Å². The fourth-order valence-corrected chi connectivity index (χ4v) is 2.44. The number of nitrogens with one attached hydrogen (secondary N) is 1. The molecule has 1 aliphatic heterocycles. The van der Waals surface area contributed by atoms with Crippen LogP contribution in [-0.2, 0) is 10.8 Å². The summed E-state index contributed by atoms with van der Waals surface area (Å²) in [6, 6.07) is 0. The van der Waals surface area contributed by atoms with Crippen LogP contribution in [0.2, 0.25) is 0 Å². The summed E-state index contributed by atoms with van der Waals surface area (Å²) in [5.74, 6) is 1.95. The highest BCUT2D eigenvalue weighted by atomic mass is 32.2. The minimum atomic E-state index is -0.659. The lowest BCUT2D eigenvalue weighted by atomic mass is 10.5. The third-order valence-corrected chi connectivity index (χ3v) is 3.58. The molecular weight excluding hydrogens is 204 g/mol. The lowest BCUT2D eigenvalue weighted by Crippen LogP contribution is -2.25. The predicted molar refractivity (Wildman–Crippen MR) is 60.9 cm³/mol. The fraction of sp³-hybridized carbons (Fsp3) is 0.875. The molecule has 1 heterocycles. The summed E-state index contributed by atoms with van der Waals surface area (Å²) in [6.45, 7) is 1.85. The van der Waals surface area contributed by atoms with Crippen molar-refractivity contribution in [1.29, 1.82) is 0 Å². The van der Waals surface area contributed by atoms with Gasteiger partial charge in [-0.15, -0.1) is 0 Å². The van der Waals surface area contributed by atoms with Gasteiger partial charge in [-0.1, -0.05) is 11.8 Å². The van der Waals surface area contributed by atoms with Crippen molar-refractivity contribution < 1.29 is 4.21 Å². The summed E-state index contributed by atoms with van der Waals surface area (Å²) in [4.78, 5) is 4.34. The van der Waals surface area contributed by atoms with Crippen LogP contribution in [0.15, 0.2) is 4.99 Å². The van der Waals surface area contributed by atoms with Crippen molar-refractivity contribution in [3.05, 3.63) is 0 Å². The van der Waals surface area contributed by atoms with Gasteiger partial charge in [-0.2, -0.15) is 0 Å². The molecule has 1 atom stereocenters.